The number of benzene rings is 1. The van der Waals surface area contributed by atoms with Gasteiger partial charge in [-0.25, -0.2) is 0 Å². The quantitative estimate of drug-likeness (QED) is 0.560. The van der Waals surface area contributed by atoms with Crippen molar-refractivity contribution in [3.05, 3.63) is 29.3 Å². The standard InChI is InChI=1S/C25H34N4O3/c30-17-19-5-9-27(10-6-19)14-18-7-11-28(12-8-18)22-2-1-20-15-29(16-21(20)13-22)23-3-4-24(31)26-25(23)32/h1-2,13,17-19,23H,3-12,14-16H2,(H,26,31,32). The summed E-state index contributed by atoms with van der Waals surface area (Å²) < 4.78 is 0. The summed E-state index contributed by atoms with van der Waals surface area (Å²) >= 11 is 0. The van der Waals surface area contributed by atoms with Crippen molar-refractivity contribution in [2.45, 2.75) is 57.7 Å². The Morgan fingerprint density at radius 3 is 2.41 bits per heavy atom. The summed E-state index contributed by atoms with van der Waals surface area (Å²) in [6.07, 6.45) is 6.65. The van der Waals surface area contributed by atoms with Crippen LogP contribution in [0.5, 0.6) is 0 Å². The summed E-state index contributed by atoms with van der Waals surface area (Å²) in [6.45, 7) is 7.05. The van der Waals surface area contributed by atoms with Crippen molar-refractivity contribution in [3.8, 4) is 0 Å². The zero-order valence-electron chi connectivity index (χ0n) is 18.8. The first-order chi connectivity index (χ1) is 15.6. The fourth-order valence-corrected chi connectivity index (χ4v) is 5.87. The monoisotopic (exact) mass is 438 g/mol. The van der Waals surface area contributed by atoms with Gasteiger partial charge in [0, 0.05) is 50.7 Å². The molecule has 0 aliphatic carbocycles. The van der Waals surface area contributed by atoms with Crippen molar-refractivity contribution >= 4 is 23.8 Å². The van der Waals surface area contributed by atoms with Gasteiger partial charge in [-0.1, -0.05) is 6.07 Å². The Balaban J connectivity index is 1.13. The molecule has 0 aromatic heterocycles. The Kier molecular flexibility index (Phi) is 6.28. The highest BCUT2D eigenvalue weighted by molar-refractivity contribution is 6.00. The number of carbonyl (C=O) groups excluding carboxylic acids is 3. The number of rotatable bonds is 5. The topological polar surface area (TPSA) is 73.0 Å². The van der Waals surface area contributed by atoms with Crippen LogP contribution in [0.2, 0.25) is 0 Å². The predicted octanol–water partition coefficient (Wildman–Crippen LogP) is 1.93. The van der Waals surface area contributed by atoms with Crippen LogP contribution in [0, 0.1) is 11.8 Å². The van der Waals surface area contributed by atoms with Crippen LogP contribution < -0.4 is 10.2 Å². The van der Waals surface area contributed by atoms with Gasteiger partial charge in [-0.3, -0.25) is 19.8 Å². The lowest BCUT2D eigenvalue weighted by atomic mass is 9.93. The Morgan fingerprint density at radius 1 is 0.938 bits per heavy atom. The van der Waals surface area contributed by atoms with E-state index in [0.29, 0.717) is 12.8 Å². The third-order valence-corrected chi connectivity index (χ3v) is 7.91. The average molecular weight is 439 g/mol. The molecule has 1 aromatic rings. The van der Waals surface area contributed by atoms with E-state index in [4.69, 9.17) is 0 Å². The summed E-state index contributed by atoms with van der Waals surface area (Å²) in [4.78, 5) is 42.0. The zero-order valence-corrected chi connectivity index (χ0v) is 18.8. The second kappa shape index (κ2) is 9.32. The summed E-state index contributed by atoms with van der Waals surface area (Å²) in [7, 11) is 0. The van der Waals surface area contributed by atoms with Gasteiger partial charge in [0.05, 0.1) is 6.04 Å². The molecule has 172 valence electrons. The summed E-state index contributed by atoms with van der Waals surface area (Å²) in [5.74, 6) is 0.723. The van der Waals surface area contributed by atoms with Crippen molar-refractivity contribution in [1.29, 1.82) is 0 Å². The maximum absolute atomic E-state index is 12.3. The maximum Gasteiger partial charge on any atom is 0.243 e. The van der Waals surface area contributed by atoms with Crippen LogP contribution in [0.3, 0.4) is 0 Å². The van der Waals surface area contributed by atoms with Crippen LogP contribution in [0.4, 0.5) is 5.69 Å². The molecule has 32 heavy (non-hydrogen) atoms. The lowest BCUT2D eigenvalue weighted by Gasteiger charge is -2.38. The molecule has 2 amide bonds. The molecule has 0 bridgehead atoms. The first-order valence-corrected chi connectivity index (χ1v) is 12.2. The molecular weight excluding hydrogens is 404 g/mol. The van der Waals surface area contributed by atoms with E-state index in [9.17, 15) is 14.4 Å². The number of anilines is 1. The van der Waals surface area contributed by atoms with E-state index < -0.39 is 0 Å². The van der Waals surface area contributed by atoms with Gasteiger partial charge in [-0.05, 0) is 74.4 Å². The van der Waals surface area contributed by atoms with Crippen LogP contribution in [0.25, 0.3) is 0 Å². The van der Waals surface area contributed by atoms with Crippen LogP contribution in [0.1, 0.15) is 49.7 Å². The Labute approximate surface area is 190 Å². The largest absolute Gasteiger partial charge is 0.372 e. The summed E-state index contributed by atoms with van der Waals surface area (Å²) in [6, 6.07) is 6.57. The fraction of sp³-hybridized carbons (Fsp3) is 0.640. The van der Waals surface area contributed by atoms with Gasteiger partial charge in [-0.15, -0.1) is 0 Å². The third-order valence-electron chi connectivity index (χ3n) is 7.91. The van der Waals surface area contributed by atoms with Gasteiger partial charge in [0.15, 0.2) is 0 Å². The van der Waals surface area contributed by atoms with Gasteiger partial charge in [0.1, 0.15) is 6.29 Å². The van der Waals surface area contributed by atoms with E-state index in [-0.39, 0.29) is 23.8 Å². The highest BCUT2D eigenvalue weighted by Crippen LogP contribution is 2.32. The number of amides is 2. The van der Waals surface area contributed by atoms with Crippen molar-refractivity contribution in [2.24, 2.45) is 11.8 Å². The molecule has 1 atom stereocenters. The molecule has 0 spiro atoms. The number of likely N-dealkylation sites (tertiary alicyclic amines) is 1. The second-order valence-corrected chi connectivity index (χ2v) is 10.0. The SMILES string of the molecule is O=CC1CCN(CC2CCN(c3ccc4c(c3)CN(C3CCC(=O)NC3=O)C4)CC2)CC1. The molecule has 0 radical (unpaired) electrons. The van der Waals surface area contributed by atoms with Gasteiger partial charge in [0.2, 0.25) is 11.8 Å². The van der Waals surface area contributed by atoms with Crippen LogP contribution in [-0.2, 0) is 27.5 Å². The summed E-state index contributed by atoms with van der Waals surface area (Å²) in [5, 5.41) is 2.49. The number of fused-ring (bicyclic) bond motifs is 1. The smallest absolute Gasteiger partial charge is 0.243 e. The van der Waals surface area contributed by atoms with E-state index in [1.165, 1.54) is 36.2 Å². The van der Waals surface area contributed by atoms with Crippen LogP contribution in [0.15, 0.2) is 18.2 Å². The van der Waals surface area contributed by atoms with E-state index in [1.807, 2.05) is 0 Å². The van der Waals surface area contributed by atoms with Gasteiger partial charge in [0.25, 0.3) is 0 Å². The lowest BCUT2D eigenvalue weighted by Crippen LogP contribution is -2.50. The predicted molar refractivity (Wildman–Crippen MR) is 122 cm³/mol. The van der Waals surface area contributed by atoms with E-state index in [0.717, 1.165) is 64.3 Å². The number of hydrogen-bond acceptors (Lipinski definition) is 6. The number of carbonyl (C=O) groups is 3. The Bertz CT molecular complexity index is 872. The van der Waals surface area contributed by atoms with Crippen molar-refractivity contribution in [1.82, 2.24) is 15.1 Å². The second-order valence-electron chi connectivity index (χ2n) is 10.0. The third kappa shape index (κ3) is 4.59. The first-order valence-electron chi connectivity index (χ1n) is 12.2. The van der Waals surface area contributed by atoms with Crippen LogP contribution >= 0.6 is 0 Å². The molecule has 1 aromatic carbocycles. The number of nitrogens with one attached hydrogen (secondary N) is 1. The van der Waals surface area contributed by atoms with Crippen molar-refractivity contribution < 1.29 is 14.4 Å². The van der Waals surface area contributed by atoms with Crippen molar-refractivity contribution in [3.63, 3.8) is 0 Å². The zero-order chi connectivity index (χ0) is 22.1. The molecule has 4 aliphatic rings. The molecule has 3 fully saturated rings. The minimum atomic E-state index is -0.198. The minimum Gasteiger partial charge on any atom is -0.372 e. The number of aldehydes is 1. The molecule has 4 aliphatic heterocycles. The van der Waals surface area contributed by atoms with Gasteiger partial charge >= 0.3 is 0 Å². The lowest BCUT2D eigenvalue weighted by molar-refractivity contribution is -0.137. The number of piperidine rings is 3. The molecular formula is C25H34N4O3. The summed E-state index contributed by atoms with van der Waals surface area (Å²) in [5.41, 5.74) is 3.90. The van der Waals surface area contributed by atoms with Crippen molar-refractivity contribution in [2.75, 3.05) is 37.6 Å². The van der Waals surface area contributed by atoms with E-state index in [1.54, 1.807) is 0 Å². The minimum absolute atomic E-state index is 0.147. The normalized spacial score (nSPS) is 26.2. The highest BCUT2D eigenvalue weighted by atomic mass is 16.2. The molecule has 1 N–H and O–H groups in total. The van der Waals surface area contributed by atoms with Gasteiger partial charge < -0.3 is 14.6 Å². The molecule has 0 saturated carbocycles. The number of nitrogens with zero attached hydrogens (tertiary/aromatic N) is 3. The molecule has 7 heteroatoms. The first kappa shape index (κ1) is 21.6. The Morgan fingerprint density at radius 2 is 1.69 bits per heavy atom. The van der Waals surface area contributed by atoms with E-state index in [2.05, 4.69) is 38.2 Å². The molecule has 3 saturated heterocycles. The van der Waals surface area contributed by atoms with E-state index >= 15 is 0 Å². The number of hydrogen-bond donors (Lipinski definition) is 1. The fourth-order valence-electron chi connectivity index (χ4n) is 5.87. The molecule has 7 nitrogen and oxygen atoms in total. The van der Waals surface area contributed by atoms with Crippen LogP contribution in [-0.4, -0.2) is 66.7 Å². The maximum atomic E-state index is 12.3. The highest BCUT2D eigenvalue weighted by Gasteiger charge is 2.35. The average Bonchev–Trinajstić information content (AvgIpc) is 3.23. The van der Waals surface area contributed by atoms with Gasteiger partial charge in [-0.2, -0.15) is 0 Å². The molecule has 4 heterocycles. The Hall–Kier alpha value is -2.25. The number of imide groups is 1. The molecule has 5 rings (SSSR count). The molecule has 1 unspecified atom stereocenters.